The van der Waals surface area contributed by atoms with Crippen molar-refractivity contribution >= 4 is 31.7 Å². The molecule has 4 heterocycles. The maximum Gasteiger partial charge on any atom is 0.440 e. The Morgan fingerprint density at radius 2 is 1.05 bits per heavy atom. The van der Waals surface area contributed by atoms with E-state index >= 15 is 4.57 Å². The molecule has 2 aliphatic heterocycles. The fourth-order valence-electron chi connectivity index (χ4n) is 8.83. The Morgan fingerprint density at radius 3 is 1.46 bits per heavy atom. The van der Waals surface area contributed by atoms with Crippen LogP contribution >= 0.6 is 7.75 Å². The molecule has 0 spiro atoms. The average molecular weight is 1050 g/mol. The van der Waals surface area contributed by atoms with Gasteiger partial charge >= 0.3 is 19.9 Å². The zero-order valence-electron chi connectivity index (χ0n) is 45.8. The van der Waals surface area contributed by atoms with Crippen molar-refractivity contribution in [3.8, 4) is 33.6 Å². The monoisotopic (exact) mass is 1050 g/mol. The highest BCUT2D eigenvalue weighted by molar-refractivity contribution is 7.52. The second-order valence-corrected chi connectivity index (χ2v) is 25.8. The number of amides is 4. The second-order valence-electron chi connectivity index (χ2n) is 24.0. The van der Waals surface area contributed by atoms with Crippen LogP contribution in [0.1, 0.15) is 147 Å². The fourth-order valence-corrected chi connectivity index (χ4v) is 10.8. The van der Waals surface area contributed by atoms with E-state index in [4.69, 9.17) is 23.5 Å². The first-order valence-electron chi connectivity index (χ1n) is 25.3. The van der Waals surface area contributed by atoms with E-state index in [0.29, 0.717) is 22.8 Å². The van der Waals surface area contributed by atoms with E-state index in [1.807, 2.05) is 90.1 Å². The second kappa shape index (κ2) is 21.9. The van der Waals surface area contributed by atoms with Crippen molar-refractivity contribution < 1.29 is 51.0 Å². The van der Waals surface area contributed by atoms with Crippen molar-refractivity contribution in [3.63, 3.8) is 0 Å². The van der Waals surface area contributed by atoms with Gasteiger partial charge in [0.1, 0.15) is 47.3 Å². The third kappa shape index (κ3) is 14.2. The highest BCUT2D eigenvalue weighted by Crippen LogP contribution is 2.55. The molecule has 1 unspecified atom stereocenters. The molecule has 4 amide bonds. The number of alkyl halides is 2. The predicted molar refractivity (Wildman–Crippen MR) is 279 cm³/mol. The summed E-state index contributed by atoms with van der Waals surface area (Å²) in [5.41, 5.74) is 1.43. The summed E-state index contributed by atoms with van der Waals surface area (Å²) in [6.45, 7) is 28.2. The van der Waals surface area contributed by atoms with Crippen LogP contribution in [-0.2, 0) is 32.7 Å². The predicted octanol–water partition coefficient (Wildman–Crippen LogP) is 11.5. The molecule has 2 fully saturated rings. The SMILES string of the molecule is CC(C)OP(=O)(OC(C)C)n1cc(-c2ccc(-c3ccc(-c4cnc([C@@H](NC(=O)[C@@H]5C[C@@H](F)CN5C(=O)OC(C)(C)C)C(C)(C)C)[nH]4)cc3)cc2)nc1[C@@H](NC(=O)C1C[C@@H](F)CN1C(=O)OC(C)(C)C)C(C)(C)C. The number of aromatic amines is 1. The number of hydrogen-bond donors (Lipinski definition) is 3. The van der Waals surface area contributed by atoms with Gasteiger partial charge in [-0.3, -0.25) is 28.4 Å². The summed E-state index contributed by atoms with van der Waals surface area (Å²) in [5.74, 6) is -0.443. The first kappa shape index (κ1) is 57.6. The van der Waals surface area contributed by atoms with E-state index in [-0.39, 0.29) is 31.8 Å². The van der Waals surface area contributed by atoms with Crippen LogP contribution in [0.5, 0.6) is 0 Å². The summed E-state index contributed by atoms with van der Waals surface area (Å²) in [7, 11) is -4.20. The Bertz CT molecular complexity index is 2670. The number of likely N-dealkylation sites (tertiary alicyclic amines) is 2. The molecular weight excluding hydrogens is 974 g/mol. The molecule has 0 saturated carbocycles. The topological polar surface area (TPSA) is 199 Å². The number of ether oxygens (including phenoxy) is 2. The quantitative estimate of drug-likeness (QED) is 0.102. The Labute approximate surface area is 434 Å². The van der Waals surface area contributed by atoms with Crippen LogP contribution in [0.4, 0.5) is 18.4 Å². The lowest BCUT2D eigenvalue weighted by atomic mass is 9.86. The number of benzene rings is 2. The summed E-state index contributed by atoms with van der Waals surface area (Å²) in [5, 5.41) is 6.07. The van der Waals surface area contributed by atoms with Gasteiger partial charge in [-0.1, -0.05) is 90.1 Å². The minimum Gasteiger partial charge on any atom is -0.444 e. The number of aromatic nitrogens is 4. The lowest BCUT2D eigenvalue weighted by Gasteiger charge is -2.35. The van der Waals surface area contributed by atoms with Gasteiger partial charge in [0.2, 0.25) is 11.8 Å². The molecule has 0 bridgehead atoms. The smallest absolute Gasteiger partial charge is 0.440 e. The number of imidazole rings is 2. The first-order valence-corrected chi connectivity index (χ1v) is 26.8. The maximum absolute atomic E-state index is 15.0. The zero-order chi connectivity index (χ0) is 55.0. The van der Waals surface area contributed by atoms with Gasteiger partial charge in [-0.05, 0) is 96.8 Å². The molecule has 6 atom stereocenters. The third-order valence-corrected chi connectivity index (χ3v) is 14.4. The zero-order valence-corrected chi connectivity index (χ0v) is 46.7. The van der Waals surface area contributed by atoms with Crippen molar-refractivity contribution in [1.29, 1.82) is 0 Å². The number of nitrogens with one attached hydrogen (secondary N) is 3. The molecule has 2 saturated heterocycles. The van der Waals surface area contributed by atoms with Gasteiger partial charge in [0.25, 0.3) is 0 Å². The highest BCUT2D eigenvalue weighted by Gasteiger charge is 2.47. The van der Waals surface area contributed by atoms with E-state index < -0.39 is 102 Å². The normalized spacial score (nSPS) is 19.7. The summed E-state index contributed by atoms with van der Waals surface area (Å²) in [4.78, 5) is 69.5. The van der Waals surface area contributed by atoms with Crippen LogP contribution in [-0.4, -0.2) is 114 Å². The molecular formula is C54H77F2N8O9P. The average Bonchev–Trinajstić information content (AvgIpc) is 4.08. The van der Waals surface area contributed by atoms with Crippen molar-refractivity contribution in [1.82, 2.24) is 39.7 Å². The van der Waals surface area contributed by atoms with E-state index in [9.17, 15) is 28.0 Å². The van der Waals surface area contributed by atoms with Gasteiger partial charge in [-0.2, -0.15) is 0 Å². The Hall–Kier alpha value is -5.65. The van der Waals surface area contributed by atoms with Crippen molar-refractivity contribution in [2.45, 2.75) is 184 Å². The van der Waals surface area contributed by atoms with Crippen molar-refractivity contribution in [2.24, 2.45) is 10.8 Å². The number of nitrogens with zero attached hydrogens (tertiary/aromatic N) is 5. The standard InChI is InChI=1S/C54H77F2N8O9P/c1-31(2)72-74(69,73-32(3)4)64-30-40(59-46(64)44(52(8,9)10)61-48(66)42-26-38(56)29-63(42)50(68)71-54(14,15)16)36-23-19-34(20-24-36)33-17-21-35(22-18-33)39-27-57-45(58-39)43(51(5,6)7)60-47(65)41-25-37(55)28-62(41)49(67)70-53(11,12)13/h17-24,27,30-32,37-38,41-44H,25-26,28-29H2,1-16H3,(H,57,58)(H,60,65)(H,61,66)/t37-,38-,41+,42?,43-,44-/m1/s1. The minimum atomic E-state index is -4.20. The van der Waals surface area contributed by atoms with E-state index in [1.54, 1.807) is 81.6 Å². The number of hydrogen-bond acceptors (Lipinski definition) is 11. The largest absolute Gasteiger partial charge is 0.444 e. The summed E-state index contributed by atoms with van der Waals surface area (Å²) >= 11 is 0. The first-order chi connectivity index (χ1) is 34.1. The fraction of sp³-hybridized carbons (Fsp3) is 0.593. The molecule has 0 radical (unpaired) electrons. The Kier molecular flexibility index (Phi) is 17.1. The van der Waals surface area contributed by atoms with Gasteiger partial charge in [0.15, 0.2) is 0 Å². The van der Waals surface area contributed by atoms with E-state index in [2.05, 4.69) is 20.6 Å². The Balaban J connectivity index is 1.26. The van der Waals surface area contributed by atoms with Crippen LogP contribution in [0.2, 0.25) is 0 Å². The van der Waals surface area contributed by atoms with Gasteiger partial charge in [-0.15, -0.1) is 0 Å². The molecule has 20 heteroatoms. The van der Waals surface area contributed by atoms with Gasteiger partial charge in [0, 0.05) is 24.6 Å². The third-order valence-electron chi connectivity index (χ3n) is 12.2. The van der Waals surface area contributed by atoms with E-state index in [1.165, 1.54) is 4.34 Å². The van der Waals surface area contributed by atoms with Gasteiger partial charge in [-0.25, -0.2) is 37.2 Å². The number of H-pyrrole nitrogens is 1. The molecule has 2 aromatic carbocycles. The maximum atomic E-state index is 15.0. The Morgan fingerprint density at radius 1 is 0.649 bits per heavy atom. The molecule has 4 aromatic rings. The van der Waals surface area contributed by atoms with Crippen LogP contribution in [0.3, 0.4) is 0 Å². The highest BCUT2D eigenvalue weighted by atomic mass is 31.2. The summed E-state index contributed by atoms with van der Waals surface area (Å²) in [6, 6.07) is 11.7. The lowest BCUT2D eigenvalue weighted by Crippen LogP contribution is -2.50. The van der Waals surface area contributed by atoms with Gasteiger partial charge < -0.3 is 25.1 Å². The van der Waals surface area contributed by atoms with Crippen molar-refractivity contribution in [2.75, 3.05) is 13.1 Å². The molecule has 6 rings (SSSR count). The van der Waals surface area contributed by atoms with Crippen LogP contribution in [0.15, 0.2) is 60.9 Å². The molecule has 74 heavy (non-hydrogen) atoms. The number of halogens is 2. The van der Waals surface area contributed by atoms with Gasteiger partial charge in [0.05, 0.1) is 55.0 Å². The molecule has 3 N–H and O–H groups in total. The molecule has 0 aliphatic carbocycles. The van der Waals surface area contributed by atoms with Crippen LogP contribution < -0.4 is 10.6 Å². The van der Waals surface area contributed by atoms with Crippen molar-refractivity contribution in [3.05, 3.63) is 72.6 Å². The molecule has 17 nitrogen and oxygen atoms in total. The summed E-state index contributed by atoms with van der Waals surface area (Å²) < 4.78 is 69.2. The minimum absolute atomic E-state index is 0.138. The molecule has 2 aromatic heterocycles. The summed E-state index contributed by atoms with van der Waals surface area (Å²) in [6.07, 6.45) is -2.50. The van der Waals surface area contributed by atoms with Crippen LogP contribution in [0.25, 0.3) is 33.6 Å². The number of carbonyl (C=O) groups is 4. The molecule has 2 aliphatic rings. The molecule has 406 valence electrons. The van der Waals surface area contributed by atoms with E-state index in [0.717, 1.165) is 26.5 Å². The lowest BCUT2D eigenvalue weighted by molar-refractivity contribution is -0.127. The number of carbonyl (C=O) groups excluding carboxylic acids is 4. The number of rotatable bonds is 14. The van der Waals surface area contributed by atoms with Crippen LogP contribution in [0, 0.1) is 10.8 Å².